The number of halogens is 1. The van der Waals surface area contributed by atoms with Crippen molar-refractivity contribution in [1.29, 1.82) is 0 Å². The molecule has 4 nitrogen and oxygen atoms in total. The van der Waals surface area contributed by atoms with E-state index < -0.39 is 0 Å². The van der Waals surface area contributed by atoms with Crippen molar-refractivity contribution >= 4 is 15.9 Å². The molecule has 1 rings (SSSR count). The SMILES string of the molecule is CC1=C(CBr)NON1O. The van der Waals surface area contributed by atoms with Crippen LogP contribution in [0.25, 0.3) is 0 Å². The topological polar surface area (TPSA) is 44.7 Å². The third-order valence-corrected chi connectivity index (χ3v) is 1.67. The molecule has 0 fully saturated rings. The van der Waals surface area contributed by atoms with Crippen molar-refractivity contribution in [3.8, 4) is 0 Å². The second-order valence-corrected chi connectivity index (χ2v) is 2.22. The number of nitrogens with one attached hydrogen (secondary N) is 1. The van der Waals surface area contributed by atoms with Gasteiger partial charge in [-0.1, -0.05) is 15.9 Å². The maximum absolute atomic E-state index is 8.77. The lowest BCUT2D eigenvalue weighted by Crippen LogP contribution is -2.15. The van der Waals surface area contributed by atoms with Crippen molar-refractivity contribution in [3.63, 3.8) is 0 Å². The van der Waals surface area contributed by atoms with E-state index in [0.717, 1.165) is 5.70 Å². The monoisotopic (exact) mass is 194 g/mol. The Morgan fingerprint density at radius 2 is 2.56 bits per heavy atom. The van der Waals surface area contributed by atoms with Crippen LogP contribution in [0.15, 0.2) is 11.4 Å². The molecule has 52 valence electrons. The number of hydroxylamine groups is 3. The lowest BCUT2D eigenvalue weighted by atomic mass is 10.4. The van der Waals surface area contributed by atoms with Crippen molar-refractivity contribution in [2.75, 3.05) is 5.33 Å². The van der Waals surface area contributed by atoms with E-state index in [0.29, 0.717) is 16.3 Å². The first-order chi connectivity index (χ1) is 4.25. The molecule has 5 heteroatoms. The first-order valence-electron chi connectivity index (χ1n) is 2.43. The Labute approximate surface area is 61.1 Å². The van der Waals surface area contributed by atoms with Crippen molar-refractivity contribution in [3.05, 3.63) is 11.4 Å². The Hall–Kier alpha value is -0.260. The highest BCUT2D eigenvalue weighted by atomic mass is 79.9. The fraction of sp³-hybridized carbons (Fsp3) is 0.500. The standard InChI is InChI=1S/C4H7BrN2O2/c1-3-4(2-5)6-9-7(3)8/h6,8H,2H2,1H3. The van der Waals surface area contributed by atoms with E-state index in [-0.39, 0.29) is 0 Å². The van der Waals surface area contributed by atoms with Crippen molar-refractivity contribution in [2.24, 2.45) is 0 Å². The van der Waals surface area contributed by atoms with E-state index in [1.807, 2.05) is 0 Å². The summed E-state index contributed by atoms with van der Waals surface area (Å²) in [4.78, 5) is 4.50. The number of hydrogen-bond donors (Lipinski definition) is 2. The maximum Gasteiger partial charge on any atom is 0.0933 e. The van der Waals surface area contributed by atoms with E-state index in [2.05, 4.69) is 26.3 Å². The summed E-state index contributed by atoms with van der Waals surface area (Å²) in [6.07, 6.45) is 0. The van der Waals surface area contributed by atoms with Crippen LogP contribution in [0.3, 0.4) is 0 Å². The molecule has 0 radical (unpaired) electrons. The number of alkyl halides is 1. The highest BCUT2D eigenvalue weighted by Crippen LogP contribution is 2.13. The van der Waals surface area contributed by atoms with Crippen molar-refractivity contribution in [2.45, 2.75) is 6.92 Å². The summed E-state index contributed by atoms with van der Waals surface area (Å²) in [6.45, 7) is 1.75. The van der Waals surface area contributed by atoms with Crippen LogP contribution in [0.2, 0.25) is 0 Å². The first-order valence-corrected chi connectivity index (χ1v) is 3.55. The van der Waals surface area contributed by atoms with E-state index in [4.69, 9.17) is 5.21 Å². The Bertz CT molecular complexity index is 148. The quantitative estimate of drug-likeness (QED) is 0.606. The minimum Gasteiger partial charge on any atom is -0.262 e. The molecule has 0 spiro atoms. The lowest BCUT2D eigenvalue weighted by Gasteiger charge is -2.03. The lowest BCUT2D eigenvalue weighted by molar-refractivity contribution is -0.323. The molecule has 1 heterocycles. The van der Waals surface area contributed by atoms with Gasteiger partial charge in [-0.15, -0.1) is 10.2 Å². The summed E-state index contributed by atoms with van der Waals surface area (Å²) in [7, 11) is 0. The normalized spacial score (nSPS) is 18.8. The second kappa shape index (κ2) is 2.55. The van der Waals surface area contributed by atoms with Gasteiger partial charge in [-0.3, -0.25) is 5.21 Å². The molecular formula is C4H7BrN2O2. The van der Waals surface area contributed by atoms with Gasteiger partial charge in [0.2, 0.25) is 0 Å². The smallest absolute Gasteiger partial charge is 0.0933 e. The molecule has 2 N–H and O–H groups in total. The Morgan fingerprint density at radius 1 is 1.89 bits per heavy atom. The minimum absolute atomic E-state index is 0.649. The molecule has 0 saturated carbocycles. The zero-order valence-corrected chi connectivity index (χ0v) is 6.47. The Balaban J connectivity index is 2.68. The van der Waals surface area contributed by atoms with Gasteiger partial charge in [-0.25, -0.2) is 5.48 Å². The molecule has 1 aliphatic heterocycles. The third kappa shape index (κ3) is 1.17. The average molecular weight is 195 g/mol. The summed E-state index contributed by atoms with van der Waals surface area (Å²) in [5.74, 6) is 0. The molecule has 0 bridgehead atoms. The fourth-order valence-electron chi connectivity index (χ4n) is 0.480. The molecular weight excluding hydrogens is 188 g/mol. The van der Waals surface area contributed by atoms with E-state index in [1.165, 1.54) is 0 Å². The van der Waals surface area contributed by atoms with Crippen LogP contribution < -0.4 is 5.48 Å². The maximum atomic E-state index is 8.77. The van der Waals surface area contributed by atoms with Crippen LogP contribution in [0.5, 0.6) is 0 Å². The Morgan fingerprint density at radius 3 is 2.78 bits per heavy atom. The van der Waals surface area contributed by atoms with Gasteiger partial charge < -0.3 is 0 Å². The number of allylic oxidation sites excluding steroid dienone is 2. The third-order valence-electron chi connectivity index (χ3n) is 1.11. The average Bonchev–Trinajstić information content (AvgIpc) is 2.15. The summed E-state index contributed by atoms with van der Waals surface area (Å²) in [6, 6.07) is 0. The highest BCUT2D eigenvalue weighted by molar-refractivity contribution is 9.09. The predicted molar refractivity (Wildman–Crippen MR) is 34.3 cm³/mol. The zero-order chi connectivity index (χ0) is 6.85. The summed E-state index contributed by atoms with van der Waals surface area (Å²) in [5, 5.41) is 10.1. The van der Waals surface area contributed by atoms with E-state index in [9.17, 15) is 0 Å². The number of hydrogen-bond acceptors (Lipinski definition) is 4. The molecule has 0 aromatic carbocycles. The van der Waals surface area contributed by atoms with Gasteiger partial charge in [-0.2, -0.15) is 0 Å². The predicted octanol–water partition coefficient (Wildman–Crippen LogP) is 0.754. The van der Waals surface area contributed by atoms with Gasteiger partial charge >= 0.3 is 0 Å². The highest BCUT2D eigenvalue weighted by Gasteiger charge is 2.16. The molecule has 0 aliphatic carbocycles. The summed E-state index contributed by atoms with van der Waals surface area (Å²) in [5.41, 5.74) is 4.02. The molecule has 0 unspecified atom stereocenters. The van der Waals surface area contributed by atoms with Crippen molar-refractivity contribution in [1.82, 2.24) is 10.7 Å². The van der Waals surface area contributed by atoms with Gasteiger partial charge in [0.15, 0.2) is 0 Å². The first kappa shape index (κ1) is 6.85. The van der Waals surface area contributed by atoms with Crippen LogP contribution in [0.4, 0.5) is 0 Å². The van der Waals surface area contributed by atoms with Crippen LogP contribution >= 0.6 is 15.9 Å². The van der Waals surface area contributed by atoms with Crippen molar-refractivity contribution < 1.29 is 10.1 Å². The Kier molecular flexibility index (Phi) is 1.94. The number of rotatable bonds is 1. The molecule has 0 aromatic rings. The van der Waals surface area contributed by atoms with Crippen LogP contribution in [-0.2, 0) is 4.94 Å². The molecule has 0 saturated heterocycles. The van der Waals surface area contributed by atoms with Crippen LogP contribution in [-0.4, -0.2) is 15.8 Å². The molecule has 9 heavy (non-hydrogen) atoms. The molecule has 1 aliphatic rings. The summed E-state index contributed by atoms with van der Waals surface area (Å²) < 4.78 is 0. The molecule has 0 atom stereocenters. The van der Waals surface area contributed by atoms with Crippen LogP contribution in [0, 0.1) is 0 Å². The summed E-state index contributed by atoms with van der Waals surface area (Å²) >= 11 is 3.21. The van der Waals surface area contributed by atoms with Gasteiger partial charge in [-0.05, 0) is 6.92 Å². The van der Waals surface area contributed by atoms with Gasteiger partial charge in [0.25, 0.3) is 0 Å². The van der Waals surface area contributed by atoms with E-state index >= 15 is 0 Å². The minimum atomic E-state index is 0.649. The van der Waals surface area contributed by atoms with E-state index in [1.54, 1.807) is 6.92 Å². The zero-order valence-electron chi connectivity index (χ0n) is 4.89. The fourth-order valence-corrected chi connectivity index (χ4v) is 1.00. The second-order valence-electron chi connectivity index (χ2n) is 1.66. The molecule has 0 amide bonds. The number of nitrogens with zero attached hydrogens (tertiary/aromatic N) is 1. The largest absolute Gasteiger partial charge is 0.262 e. The van der Waals surface area contributed by atoms with Gasteiger partial charge in [0, 0.05) is 5.33 Å². The molecule has 0 aromatic heterocycles. The van der Waals surface area contributed by atoms with Crippen LogP contribution in [0.1, 0.15) is 6.92 Å². The van der Waals surface area contributed by atoms with Gasteiger partial charge in [0.05, 0.1) is 11.4 Å². The van der Waals surface area contributed by atoms with Gasteiger partial charge in [0.1, 0.15) is 0 Å².